The minimum Gasteiger partial charge on any atom is -0.388 e. The second-order valence-electron chi connectivity index (χ2n) is 11.3. The first-order valence-corrected chi connectivity index (χ1v) is 12.2. The van der Waals surface area contributed by atoms with E-state index < -0.39 is 35.1 Å². The SMILES string of the molecule is COC1(C)c2cc(C(F)(F)F)ccc2C2OC3(CCOCC3)c3c4c(nc1c32)CC(C)(C)CC4O. The van der Waals surface area contributed by atoms with Gasteiger partial charge in [0.25, 0.3) is 0 Å². The number of aliphatic hydroxyl groups excluding tert-OH is 1. The Morgan fingerprint density at radius 2 is 1.83 bits per heavy atom. The van der Waals surface area contributed by atoms with Crippen molar-refractivity contribution in [2.45, 2.75) is 76.0 Å². The van der Waals surface area contributed by atoms with Crippen LogP contribution in [-0.2, 0) is 38.0 Å². The van der Waals surface area contributed by atoms with E-state index in [9.17, 15) is 18.3 Å². The Bertz CT molecular complexity index is 1220. The standard InChI is InChI=1S/C27H30F3NO4/c1-24(2)12-17-19(18(32)13-24)21-20-22(35-26(21)7-9-34-10-8-26)15-6-5-14(27(28,29)30)11-16(15)25(3,33-4)23(20)31-17/h5-6,11,18,22,32H,7-10,12-13H2,1-4H3. The van der Waals surface area contributed by atoms with Gasteiger partial charge in [-0.2, -0.15) is 13.2 Å². The number of aromatic nitrogens is 1. The number of rotatable bonds is 1. The van der Waals surface area contributed by atoms with Crippen LogP contribution >= 0.6 is 0 Å². The maximum Gasteiger partial charge on any atom is 0.416 e. The van der Waals surface area contributed by atoms with Crippen LogP contribution in [0.5, 0.6) is 0 Å². The molecule has 1 aromatic heterocycles. The second-order valence-corrected chi connectivity index (χ2v) is 11.3. The summed E-state index contributed by atoms with van der Waals surface area (Å²) in [5.41, 5.74) is 2.34. The highest BCUT2D eigenvalue weighted by Crippen LogP contribution is 2.61. The summed E-state index contributed by atoms with van der Waals surface area (Å²) in [6.45, 7) is 7.02. The quantitative estimate of drug-likeness (QED) is 0.577. The van der Waals surface area contributed by atoms with Gasteiger partial charge in [0.1, 0.15) is 11.7 Å². The second kappa shape index (κ2) is 7.28. The Hall–Kier alpha value is -2.00. The van der Waals surface area contributed by atoms with Crippen molar-refractivity contribution in [1.29, 1.82) is 0 Å². The molecule has 0 saturated carbocycles. The van der Waals surface area contributed by atoms with Gasteiger partial charge in [0.15, 0.2) is 0 Å². The van der Waals surface area contributed by atoms with Crippen molar-refractivity contribution in [2.75, 3.05) is 20.3 Å². The van der Waals surface area contributed by atoms with Gasteiger partial charge in [0.05, 0.1) is 23.0 Å². The van der Waals surface area contributed by atoms with Crippen LogP contribution in [0, 0.1) is 5.41 Å². The molecule has 2 aliphatic carbocycles. The van der Waals surface area contributed by atoms with E-state index in [2.05, 4.69) is 13.8 Å². The Balaban J connectivity index is 1.68. The van der Waals surface area contributed by atoms with Crippen LogP contribution in [0.2, 0.25) is 0 Å². The number of methoxy groups -OCH3 is 1. The molecule has 3 atom stereocenters. The van der Waals surface area contributed by atoms with Gasteiger partial charge in [0, 0.05) is 50.0 Å². The van der Waals surface area contributed by atoms with Crippen molar-refractivity contribution < 1.29 is 32.5 Å². The van der Waals surface area contributed by atoms with E-state index in [1.54, 1.807) is 6.92 Å². The van der Waals surface area contributed by atoms with Gasteiger partial charge in [-0.05, 0) is 54.0 Å². The van der Waals surface area contributed by atoms with Crippen molar-refractivity contribution in [3.05, 3.63) is 63.0 Å². The molecule has 6 rings (SSSR count). The molecule has 2 aromatic rings. The molecule has 1 aromatic carbocycles. The van der Waals surface area contributed by atoms with Crippen LogP contribution in [0.15, 0.2) is 18.2 Å². The first kappa shape index (κ1) is 23.4. The van der Waals surface area contributed by atoms with Crippen LogP contribution < -0.4 is 0 Å². The maximum absolute atomic E-state index is 13.7. The normalized spacial score (nSPS) is 30.1. The highest BCUT2D eigenvalue weighted by molar-refractivity contribution is 5.61. The lowest BCUT2D eigenvalue weighted by Crippen LogP contribution is -2.38. The predicted octanol–water partition coefficient (Wildman–Crippen LogP) is 5.45. The lowest BCUT2D eigenvalue weighted by molar-refractivity contribution is -0.138. The van der Waals surface area contributed by atoms with E-state index in [0.29, 0.717) is 55.7 Å². The predicted molar refractivity (Wildman–Crippen MR) is 121 cm³/mol. The van der Waals surface area contributed by atoms with Gasteiger partial charge in [-0.25, -0.2) is 0 Å². The summed E-state index contributed by atoms with van der Waals surface area (Å²) in [6.07, 6.45) is -3.25. The summed E-state index contributed by atoms with van der Waals surface area (Å²) in [6, 6.07) is 3.81. The Morgan fingerprint density at radius 3 is 2.49 bits per heavy atom. The minimum atomic E-state index is -4.48. The van der Waals surface area contributed by atoms with Crippen LogP contribution in [0.4, 0.5) is 13.2 Å². The van der Waals surface area contributed by atoms with Crippen molar-refractivity contribution in [2.24, 2.45) is 5.41 Å². The molecule has 1 spiro atoms. The number of nitrogens with zero attached hydrogens (tertiary/aromatic N) is 1. The van der Waals surface area contributed by atoms with Crippen molar-refractivity contribution in [3.63, 3.8) is 0 Å². The summed E-state index contributed by atoms with van der Waals surface area (Å²) in [4.78, 5) is 5.07. The van der Waals surface area contributed by atoms with Crippen LogP contribution in [0.3, 0.4) is 0 Å². The number of hydrogen-bond donors (Lipinski definition) is 1. The maximum atomic E-state index is 13.7. The molecule has 4 aliphatic rings. The van der Waals surface area contributed by atoms with Gasteiger partial charge in [-0.3, -0.25) is 4.98 Å². The first-order valence-electron chi connectivity index (χ1n) is 12.2. The van der Waals surface area contributed by atoms with E-state index in [4.69, 9.17) is 19.2 Å². The lowest BCUT2D eigenvalue weighted by Gasteiger charge is -2.41. The van der Waals surface area contributed by atoms with Gasteiger partial charge in [0.2, 0.25) is 0 Å². The summed E-state index contributed by atoms with van der Waals surface area (Å²) in [5.74, 6) is 0. The molecule has 1 saturated heterocycles. The molecular formula is C27H30F3NO4. The molecule has 8 heteroatoms. The van der Waals surface area contributed by atoms with Crippen LogP contribution in [0.25, 0.3) is 0 Å². The Morgan fingerprint density at radius 1 is 1.11 bits per heavy atom. The van der Waals surface area contributed by atoms with Crippen molar-refractivity contribution in [1.82, 2.24) is 4.98 Å². The fraction of sp³-hybridized carbons (Fsp3) is 0.593. The minimum absolute atomic E-state index is 0.165. The molecular weight excluding hydrogens is 459 g/mol. The van der Waals surface area contributed by atoms with Gasteiger partial charge >= 0.3 is 6.18 Å². The first-order chi connectivity index (χ1) is 16.4. The molecule has 35 heavy (non-hydrogen) atoms. The third kappa shape index (κ3) is 3.19. The van der Waals surface area contributed by atoms with E-state index in [0.717, 1.165) is 28.5 Å². The molecule has 2 aliphatic heterocycles. The van der Waals surface area contributed by atoms with E-state index in [-0.39, 0.29) is 5.41 Å². The summed E-state index contributed by atoms with van der Waals surface area (Å²) < 4.78 is 59.6. The third-order valence-corrected chi connectivity index (χ3v) is 8.48. The van der Waals surface area contributed by atoms with E-state index in [1.807, 2.05) is 0 Å². The number of alkyl halides is 3. The van der Waals surface area contributed by atoms with Gasteiger partial charge < -0.3 is 19.3 Å². The van der Waals surface area contributed by atoms with Crippen LogP contribution in [0.1, 0.15) is 97.0 Å². The number of pyridine rings is 1. The molecule has 5 nitrogen and oxygen atoms in total. The molecule has 1 fully saturated rings. The smallest absolute Gasteiger partial charge is 0.388 e. The van der Waals surface area contributed by atoms with Gasteiger partial charge in [-0.1, -0.05) is 19.9 Å². The topological polar surface area (TPSA) is 60.8 Å². The number of halogens is 3. The Labute approximate surface area is 202 Å². The summed E-state index contributed by atoms with van der Waals surface area (Å²) in [5, 5.41) is 11.4. The molecule has 3 unspecified atom stereocenters. The van der Waals surface area contributed by atoms with E-state index in [1.165, 1.54) is 19.2 Å². The summed E-state index contributed by atoms with van der Waals surface area (Å²) >= 11 is 0. The fourth-order valence-corrected chi connectivity index (χ4v) is 6.76. The third-order valence-electron chi connectivity index (χ3n) is 8.48. The molecule has 0 amide bonds. The number of aliphatic hydroxyl groups is 1. The number of hydrogen-bond acceptors (Lipinski definition) is 5. The number of benzene rings is 1. The summed E-state index contributed by atoms with van der Waals surface area (Å²) in [7, 11) is 1.51. The zero-order chi connectivity index (χ0) is 25.0. The van der Waals surface area contributed by atoms with Crippen molar-refractivity contribution >= 4 is 0 Å². The average Bonchev–Trinajstić information content (AvgIpc) is 3.10. The average molecular weight is 490 g/mol. The van der Waals surface area contributed by atoms with Crippen molar-refractivity contribution in [3.8, 4) is 0 Å². The number of fused-ring (bicyclic) bond motifs is 5. The monoisotopic (exact) mass is 489 g/mol. The molecule has 0 radical (unpaired) electrons. The Kier molecular flexibility index (Phi) is 4.87. The molecule has 188 valence electrons. The van der Waals surface area contributed by atoms with E-state index >= 15 is 0 Å². The number of ether oxygens (including phenoxy) is 3. The largest absolute Gasteiger partial charge is 0.416 e. The fourth-order valence-electron chi connectivity index (χ4n) is 6.76. The zero-order valence-electron chi connectivity index (χ0n) is 20.4. The molecule has 1 N–H and O–H groups in total. The van der Waals surface area contributed by atoms with Gasteiger partial charge in [-0.15, -0.1) is 0 Å². The highest BCUT2D eigenvalue weighted by atomic mass is 19.4. The molecule has 3 heterocycles. The lowest BCUT2D eigenvalue weighted by atomic mass is 9.68. The highest BCUT2D eigenvalue weighted by Gasteiger charge is 2.57. The van der Waals surface area contributed by atoms with Crippen LogP contribution in [-0.4, -0.2) is 30.4 Å². The zero-order valence-corrected chi connectivity index (χ0v) is 20.4. The molecule has 0 bridgehead atoms.